The number of halogens is 3. The topological polar surface area (TPSA) is 39.6 Å². The predicted octanol–water partition coefficient (Wildman–Crippen LogP) is 5.24. The first-order valence-corrected chi connectivity index (χ1v) is 6.85. The molecule has 1 N–H and O–H groups in total. The van der Waals surface area contributed by atoms with Crippen molar-refractivity contribution in [3.8, 4) is 28.5 Å². The molecule has 0 unspecified atom stereocenters. The summed E-state index contributed by atoms with van der Waals surface area (Å²) in [6.45, 7) is 0. The first kappa shape index (κ1) is 14.9. The van der Waals surface area contributed by atoms with E-state index >= 15 is 0 Å². The fourth-order valence-corrected chi connectivity index (χ4v) is 2.38. The van der Waals surface area contributed by atoms with Crippen LogP contribution in [0.4, 0.5) is 13.2 Å². The standard InChI is InChI=1S/C18H11F3N2/c19-18(20,21)14-8-6-12(7-9-14)15-10-16(23-17(15)11-22)13-4-2-1-3-5-13/h1-10,23H. The van der Waals surface area contributed by atoms with Gasteiger partial charge in [-0.15, -0.1) is 0 Å². The lowest BCUT2D eigenvalue weighted by atomic mass is 10.0. The number of hydrogen-bond acceptors (Lipinski definition) is 1. The van der Waals surface area contributed by atoms with Gasteiger partial charge >= 0.3 is 6.18 Å². The first-order valence-electron chi connectivity index (χ1n) is 6.85. The second-order valence-electron chi connectivity index (χ2n) is 5.02. The van der Waals surface area contributed by atoms with Crippen molar-refractivity contribution in [2.75, 3.05) is 0 Å². The summed E-state index contributed by atoms with van der Waals surface area (Å²) in [5.74, 6) is 0. The zero-order valence-electron chi connectivity index (χ0n) is 11.9. The van der Waals surface area contributed by atoms with Gasteiger partial charge in [-0.3, -0.25) is 0 Å². The van der Waals surface area contributed by atoms with Gasteiger partial charge in [0.2, 0.25) is 0 Å². The number of aromatic amines is 1. The number of H-pyrrole nitrogens is 1. The number of rotatable bonds is 2. The van der Waals surface area contributed by atoms with Crippen LogP contribution in [0.5, 0.6) is 0 Å². The Morgan fingerprint density at radius 2 is 1.52 bits per heavy atom. The van der Waals surface area contributed by atoms with Gasteiger partial charge in [0.1, 0.15) is 11.8 Å². The summed E-state index contributed by atoms with van der Waals surface area (Å²) in [5.41, 5.74) is 2.41. The van der Waals surface area contributed by atoms with E-state index in [2.05, 4.69) is 11.1 Å². The predicted molar refractivity (Wildman–Crippen MR) is 81.4 cm³/mol. The van der Waals surface area contributed by atoms with Crippen molar-refractivity contribution in [3.63, 3.8) is 0 Å². The number of alkyl halides is 3. The van der Waals surface area contributed by atoms with Crippen LogP contribution in [-0.4, -0.2) is 4.98 Å². The number of nitrogens with one attached hydrogen (secondary N) is 1. The zero-order valence-corrected chi connectivity index (χ0v) is 11.9. The van der Waals surface area contributed by atoms with Crippen LogP contribution in [0.1, 0.15) is 11.3 Å². The third-order valence-corrected chi connectivity index (χ3v) is 3.54. The fraction of sp³-hybridized carbons (Fsp3) is 0.0556. The number of hydrogen-bond donors (Lipinski definition) is 1. The van der Waals surface area contributed by atoms with Crippen molar-refractivity contribution in [2.24, 2.45) is 0 Å². The van der Waals surface area contributed by atoms with Crippen molar-refractivity contribution in [1.29, 1.82) is 5.26 Å². The van der Waals surface area contributed by atoms with Gasteiger partial charge in [0, 0.05) is 11.3 Å². The molecule has 0 saturated carbocycles. The van der Waals surface area contributed by atoms with Crippen LogP contribution in [-0.2, 0) is 6.18 Å². The van der Waals surface area contributed by atoms with Crippen LogP contribution < -0.4 is 0 Å². The minimum Gasteiger partial charge on any atom is -0.346 e. The molecule has 0 bridgehead atoms. The van der Waals surface area contributed by atoms with Gasteiger partial charge in [0.15, 0.2) is 0 Å². The Bertz CT molecular complexity index is 854. The Morgan fingerprint density at radius 3 is 2.09 bits per heavy atom. The smallest absolute Gasteiger partial charge is 0.346 e. The van der Waals surface area contributed by atoms with E-state index in [0.29, 0.717) is 16.8 Å². The van der Waals surface area contributed by atoms with Gasteiger partial charge in [-0.2, -0.15) is 18.4 Å². The van der Waals surface area contributed by atoms with Crippen LogP contribution in [0, 0.1) is 11.3 Å². The number of nitrogens with zero attached hydrogens (tertiary/aromatic N) is 1. The molecule has 23 heavy (non-hydrogen) atoms. The van der Waals surface area contributed by atoms with Gasteiger partial charge < -0.3 is 4.98 Å². The SMILES string of the molecule is N#Cc1[nH]c(-c2ccccc2)cc1-c1ccc(C(F)(F)F)cc1. The molecule has 1 heterocycles. The molecule has 2 nitrogen and oxygen atoms in total. The van der Waals surface area contributed by atoms with Gasteiger partial charge in [-0.05, 0) is 29.3 Å². The van der Waals surface area contributed by atoms with E-state index in [1.165, 1.54) is 12.1 Å². The normalized spacial score (nSPS) is 11.2. The van der Waals surface area contributed by atoms with E-state index < -0.39 is 11.7 Å². The molecular weight excluding hydrogens is 301 g/mol. The number of benzene rings is 2. The Hall–Kier alpha value is -3.00. The van der Waals surface area contributed by atoms with Crippen LogP contribution in [0.2, 0.25) is 0 Å². The lowest BCUT2D eigenvalue weighted by Gasteiger charge is -2.07. The Morgan fingerprint density at radius 1 is 0.870 bits per heavy atom. The van der Waals surface area contributed by atoms with E-state index in [9.17, 15) is 18.4 Å². The van der Waals surface area contributed by atoms with Crippen LogP contribution in [0.15, 0.2) is 60.7 Å². The van der Waals surface area contributed by atoms with Gasteiger partial charge in [0.25, 0.3) is 0 Å². The summed E-state index contributed by atoms with van der Waals surface area (Å²) in [7, 11) is 0. The number of aromatic nitrogens is 1. The minimum absolute atomic E-state index is 0.323. The van der Waals surface area contributed by atoms with Crippen LogP contribution in [0.3, 0.4) is 0 Å². The third kappa shape index (κ3) is 2.97. The van der Waals surface area contributed by atoms with Crippen molar-refractivity contribution < 1.29 is 13.2 Å². The maximum atomic E-state index is 12.6. The number of nitriles is 1. The average molecular weight is 312 g/mol. The highest BCUT2D eigenvalue weighted by molar-refractivity contribution is 5.76. The Labute approximate surface area is 130 Å². The molecule has 0 radical (unpaired) electrons. The van der Waals surface area contributed by atoms with Gasteiger partial charge in [-0.25, -0.2) is 0 Å². The molecule has 0 aliphatic carbocycles. The van der Waals surface area contributed by atoms with Crippen molar-refractivity contribution >= 4 is 0 Å². The van der Waals surface area contributed by atoms with Crippen molar-refractivity contribution in [2.45, 2.75) is 6.18 Å². The molecule has 0 saturated heterocycles. The molecule has 3 aromatic rings. The lowest BCUT2D eigenvalue weighted by Crippen LogP contribution is -2.03. The summed E-state index contributed by atoms with van der Waals surface area (Å²) >= 11 is 0. The summed E-state index contributed by atoms with van der Waals surface area (Å²) in [4.78, 5) is 3.01. The Balaban J connectivity index is 2.03. The summed E-state index contributed by atoms with van der Waals surface area (Å²) in [6, 6.07) is 18.0. The van der Waals surface area contributed by atoms with E-state index in [1.807, 2.05) is 30.3 Å². The fourth-order valence-electron chi connectivity index (χ4n) is 2.38. The molecule has 114 valence electrons. The lowest BCUT2D eigenvalue weighted by molar-refractivity contribution is -0.137. The average Bonchev–Trinajstić information content (AvgIpc) is 2.99. The zero-order chi connectivity index (χ0) is 16.4. The summed E-state index contributed by atoms with van der Waals surface area (Å²) in [6.07, 6.45) is -4.37. The molecular formula is C18H11F3N2. The Kier molecular flexibility index (Phi) is 3.67. The molecule has 3 rings (SSSR count). The molecule has 0 atom stereocenters. The molecule has 0 aliphatic heterocycles. The highest BCUT2D eigenvalue weighted by Gasteiger charge is 2.30. The highest BCUT2D eigenvalue weighted by atomic mass is 19.4. The molecule has 2 aromatic carbocycles. The molecule has 1 aromatic heterocycles. The van der Waals surface area contributed by atoms with E-state index in [0.717, 1.165) is 23.4 Å². The largest absolute Gasteiger partial charge is 0.416 e. The second kappa shape index (κ2) is 5.65. The minimum atomic E-state index is -4.37. The van der Waals surface area contributed by atoms with E-state index in [-0.39, 0.29) is 0 Å². The van der Waals surface area contributed by atoms with Gasteiger partial charge in [-0.1, -0.05) is 42.5 Å². The third-order valence-electron chi connectivity index (χ3n) is 3.54. The van der Waals surface area contributed by atoms with E-state index in [4.69, 9.17) is 0 Å². The quantitative estimate of drug-likeness (QED) is 0.690. The van der Waals surface area contributed by atoms with Crippen LogP contribution in [0.25, 0.3) is 22.4 Å². The van der Waals surface area contributed by atoms with Crippen LogP contribution >= 0.6 is 0 Å². The monoisotopic (exact) mass is 312 g/mol. The molecule has 0 aliphatic rings. The molecule has 0 amide bonds. The summed E-state index contributed by atoms with van der Waals surface area (Å²) in [5, 5.41) is 9.26. The molecule has 0 fully saturated rings. The maximum Gasteiger partial charge on any atom is 0.416 e. The van der Waals surface area contributed by atoms with Gasteiger partial charge in [0.05, 0.1) is 5.56 Å². The van der Waals surface area contributed by atoms with Crippen molar-refractivity contribution in [1.82, 2.24) is 4.98 Å². The molecule has 0 spiro atoms. The first-order chi connectivity index (χ1) is 11.0. The summed E-state index contributed by atoms with van der Waals surface area (Å²) < 4.78 is 37.9. The highest BCUT2D eigenvalue weighted by Crippen LogP contribution is 2.33. The molecule has 5 heteroatoms. The second-order valence-corrected chi connectivity index (χ2v) is 5.02. The maximum absolute atomic E-state index is 12.6. The van der Waals surface area contributed by atoms with Crippen molar-refractivity contribution in [3.05, 3.63) is 71.9 Å². The van der Waals surface area contributed by atoms with E-state index in [1.54, 1.807) is 6.07 Å².